The van der Waals surface area contributed by atoms with E-state index in [-0.39, 0.29) is 0 Å². The second kappa shape index (κ2) is 11.6. The molecule has 55 heavy (non-hydrogen) atoms. The Bertz CT molecular complexity index is 3460. The fourth-order valence-corrected chi connectivity index (χ4v) is 9.05. The van der Waals surface area contributed by atoms with Crippen LogP contribution in [-0.2, 0) is 0 Å². The van der Waals surface area contributed by atoms with Gasteiger partial charge >= 0.3 is 0 Å². The minimum Gasteiger partial charge on any atom is -0.455 e. The summed E-state index contributed by atoms with van der Waals surface area (Å²) in [5.41, 5.74) is 13.4. The van der Waals surface area contributed by atoms with Gasteiger partial charge in [0.2, 0.25) is 0 Å². The van der Waals surface area contributed by atoms with Crippen LogP contribution in [0.4, 0.5) is 0 Å². The van der Waals surface area contributed by atoms with E-state index < -0.39 is 0 Å². The lowest BCUT2D eigenvalue weighted by Crippen LogP contribution is -1.97. The lowest BCUT2D eigenvalue weighted by molar-refractivity contribution is 0.673. The van der Waals surface area contributed by atoms with Crippen molar-refractivity contribution in [3.8, 4) is 33.6 Å². The van der Waals surface area contributed by atoms with Gasteiger partial charge in [-0.05, 0) is 70.6 Å². The number of aromatic nitrogens is 2. The van der Waals surface area contributed by atoms with Gasteiger partial charge in [-0.2, -0.15) is 0 Å². The molecular weight excluding hydrogens is 669 g/mol. The van der Waals surface area contributed by atoms with Gasteiger partial charge in [-0.1, -0.05) is 146 Å². The lowest BCUT2D eigenvalue weighted by atomic mass is 9.97. The molecule has 0 atom stereocenters. The van der Waals surface area contributed by atoms with E-state index in [4.69, 9.17) is 4.42 Å². The van der Waals surface area contributed by atoms with Crippen LogP contribution in [0.5, 0.6) is 0 Å². The third-order valence-corrected chi connectivity index (χ3v) is 11.5. The zero-order valence-corrected chi connectivity index (χ0v) is 29.8. The summed E-state index contributed by atoms with van der Waals surface area (Å²) in [5, 5.41) is 9.43. The summed E-state index contributed by atoms with van der Waals surface area (Å²) in [7, 11) is 0. The van der Waals surface area contributed by atoms with Gasteiger partial charge in [0.25, 0.3) is 0 Å². The van der Waals surface area contributed by atoms with Crippen molar-refractivity contribution in [3.05, 3.63) is 194 Å². The number of benzene rings is 9. The quantitative estimate of drug-likeness (QED) is 0.179. The highest BCUT2D eigenvalue weighted by molar-refractivity contribution is 6.30. The molecule has 0 amide bonds. The van der Waals surface area contributed by atoms with Gasteiger partial charge in [-0.15, -0.1) is 0 Å². The van der Waals surface area contributed by atoms with Crippen molar-refractivity contribution in [1.29, 1.82) is 0 Å². The van der Waals surface area contributed by atoms with Crippen molar-refractivity contribution < 1.29 is 4.42 Å². The SMILES string of the molecule is c1ccc(-c2ccc(-n3c4c(-c5ccc6c7ccccc7n(-c7ccccc7)c6c5)cc5c6ccccc6oc5c4c4ccc5ccccc5c43)cc2)cc1. The Morgan fingerprint density at radius 3 is 1.80 bits per heavy atom. The molecule has 12 rings (SSSR count). The minimum atomic E-state index is 0.893. The van der Waals surface area contributed by atoms with E-state index in [1.165, 1.54) is 54.6 Å². The van der Waals surface area contributed by atoms with Crippen LogP contribution in [0.15, 0.2) is 199 Å². The molecule has 0 N–H and O–H groups in total. The zero-order chi connectivity index (χ0) is 36.0. The molecule has 3 heteroatoms. The Morgan fingerprint density at radius 1 is 0.345 bits per heavy atom. The molecule has 256 valence electrons. The highest BCUT2D eigenvalue weighted by Crippen LogP contribution is 2.47. The third kappa shape index (κ3) is 4.38. The average Bonchev–Trinajstić information content (AvgIpc) is 3.92. The number of furan rings is 1. The summed E-state index contributed by atoms with van der Waals surface area (Å²) >= 11 is 0. The average molecular weight is 701 g/mol. The minimum absolute atomic E-state index is 0.893. The van der Waals surface area contributed by atoms with Crippen molar-refractivity contribution in [2.24, 2.45) is 0 Å². The Morgan fingerprint density at radius 2 is 0.964 bits per heavy atom. The molecule has 3 nitrogen and oxygen atoms in total. The van der Waals surface area contributed by atoms with Crippen molar-refractivity contribution in [3.63, 3.8) is 0 Å². The largest absolute Gasteiger partial charge is 0.455 e. The van der Waals surface area contributed by atoms with Crippen molar-refractivity contribution >= 4 is 76.3 Å². The molecule has 0 saturated carbocycles. The molecule has 12 aromatic rings. The first kappa shape index (κ1) is 30.1. The topological polar surface area (TPSA) is 23.0 Å². The predicted octanol–water partition coefficient (Wildman–Crippen LogP) is 14.3. The standard InChI is InChI=1S/C52H32N2O/c1-3-13-33(14-4-1)34-23-27-38(28-24-34)54-50-39-18-8-7-15-35(39)25-30-43(50)49-51(54)44(32-45-42-20-10-12-22-48(42)55-52(45)49)36-26-29-41-40-19-9-11-21-46(40)53(47(41)31-36)37-16-5-2-6-17-37/h1-32H. The molecule has 0 unspecified atom stereocenters. The van der Waals surface area contributed by atoms with E-state index in [9.17, 15) is 0 Å². The molecule has 0 aliphatic rings. The number of rotatable bonds is 4. The van der Waals surface area contributed by atoms with Crippen LogP contribution in [-0.4, -0.2) is 9.13 Å². The maximum atomic E-state index is 6.87. The fraction of sp³-hybridized carbons (Fsp3) is 0. The first-order chi connectivity index (χ1) is 27.3. The van der Waals surface area contributed by atoms with E-state index in [0.29, 0.717) is 0 Å². The van der Waals surface area contributed by atoms with E-state index in [1.54, 1.807) is 0 Å². The highest BCUT2D eigenvalue weighted by atomic mass is 16.3. The molecule has 9 aromatic carbocycles. The number of hydrogen-bond donors (Lipinski definition) is 0. The Kier molecular flexibility index (Phi) is 6.34. The summed E-state index contributed by atoms with van der Waals surface area (Å²) in [6.45, 7) is 0. The molecule has 0 bridgehead atoms. The van der Waals surface area contributed by atoms with Gasteiger partial charge in [0.1, 0.15) is 11.2 Å². The Labute approximate surface area is 316 Å². The van der Waals surface area contributed by atoms with Gasteiger partial charge < -0.3 is 13.6 Å². The summed E-state index contributed by atoms with van der Waals surface area (Å²) in [5.74, 6) is 0. The molecule has 3 heterocycles. The Balaban J connectivity index is 1.25. The number of nitrogens with zero attached hydrogens (tertiary/aromatic N) is 2. The smallest absolute Gasteiger partial charge is 0.145 e. The first-order valence-electron chi connectivity index (χ1n) is 18.9. The second-order valence-corrected chi connectivity index (χ2v) is 14.5. The summed E-state index contributed by atoms with van der Waals surface area (Å²) in [4.78, 5) is 0. The molecule has 0 aliphatic heterocycles. The van der Waals surface area contributed by atoms with E-state index in [2.05, 4.69) is 203 Å². The van der Waals surface area contributed by atoms with Crippen LogP contribution in [0.1, 0.15) is 0 Å². The molecule has 0 fully saturated rings. The van der Waals surface area contributed by atoms with Gasteiger partial charge in [0.05, 0.1) is 27.5 Å². The lowest BCUT2D eigenvalue weighted by Gasteiger charge is -2.14. The van der Waals surface area contributed by atoms with Crippen LogP contribution in [0.3, 0.4) is 0 Å². The van der Waals surface area contributed by atoms with E-state index in [0.717, 1.165) is 55.3 Å². The molecule has 3 aromatic heterocycles. The van der Waals surface area contributed by atoms with Crippen molar-refractivity contribution in [2.75, 3.05) is 0 Å². The summed E-state index contributed by atoms with van der Waals surface area (Å²) in [6, 6.07) is 70.2. The van der Waals surface area contributed by atoms with Crippen LogP contribution in [0.25, 0.3) is 110 Å². The molecule has 0 radical (unpaired) electrons. The van der Waals surface area contributed by atoms with Crippen LogP contribution in [0, 0.1) is 0 Å². The van der Waals surface area contributed by atoms with Crippen LogP contribution in [0.2, 0.25) is 0 Å². The van der Waals surface area contributed by atoms with Gasteiger partial charge in [-0.25, -0.2) is 0 Å². The van der Waals surface area contributed by atoms with Crippen LogP contribution < -0.4 is 0 Å². The molecule has 0 saturated heterocycles. The number of hydrogen-bond acceptors (Lipinski definition) is 1. The Hall–Kier alpha value is -7.36. The summed E-state index contributed by atoms with van der Waals surface area (Å²) in [6.07, 6.45) is 0. The third-order valence-electron chi connectivity index (χ3n) is 11.5. The maximum Gasteiger partial charge on any atom is 0.145 e. The summed E-state index contributed by atoms with van der Waals surface area (Å²) < 4.78 is 11.8. The van der Waals surface area contributed by atoms with Gasteiger partial charge in [0.15, 0.2) is 0 Å². The maximum absolute atomic E-state index is 6.87. The highest BCUT2D eigenvalue weighted by Gasteiger charge is 2.25. The normalized spacial score (nSPS) is 12.0. The second-order valence-electron chi connectivity index (χ2n) is 14.5. The number of fused-ring (bicyclic) bond motifs is 12. The van der Waals surface area contributed by atoms with E-state index >= 15 is 0 Å². The van der Waals surface area contributed by atoms with Crippen molar-refractivity contribution in [1.82, 2.24) is 9.13 Å². The van der Waals surface area contributed by atoms with E-state index in [1.807, 2.05) is 0 Å². The fourth-order valence-electron chi connectivity index (χ4n) is 9.05. The number of para-hydroxylation sites is 3. The molecule has 0 aliphatic carbocycles. The first-order valence-corrected chi connectivity index (χ1v) is 18.9. The van der Waals surface area contributed by atoms with Crippen molar-refractivity contribution in [2.45, 2.75) is 0 Å². The molecule has 0 spiro atoms. The predicted molar refractivity (Wildman–Crippen MR) is 231 cm³/mol. The monoisotopic (exact) mass is 700 g/mol. The zero-order valence-electron chi connectivity index (χ0n) is 29.8. The van der Waals surface area contributed by atoms with Gasteiger partial charge in [0, 0.05) is 49.3 Å². The van der Waals surface area contributed by atoms with Crippen LogP contribution >= 0.6 is 0 Å². The van der Waals surface area contributed by atoms with Gasteiger partial charge in [-0.3, -0.25) is 0 Å². The molecular formula is C52H32N2O.